The summed E-state index contributed by atoms with van der Waals surface area (Å²) in [5, 5.41) is 9.54. The zero-order chi connectivity index (χ0) is 9.68. The highest BCUT2D eigenvalue weighted by Gasteiger charge is 2.03. The Bertz CT molecular complexity index is 243. The molecule has 2 heteroatoms. The van der Waals surface area contributed by atoms with E-state index in [2.05, 4.69) is 6.92 Å². The Morgan fingerprint density at radius 3 is 2.46 bits per heavy atom. The van der Waals surface area contributed by atoms with E-state index in [9.17, 15) is 5.11 Å². The standard InChI is InChI=1S/C11H17NO/c1-2-3-11(13)8-9-4-6-10(12)7-5-9/h4-7,11,13H,2-3,8,12H2,1H3. The van der Waals surface area contributed by atoms with Crippen LogP contribution in [0.5, 0.6) is 0 Å². The summed E-state index contributed by atoms with van der Waals surface area (Å²) >= 11 is 0. The van der Waals surface area contributed by atoms with E-state index in [1.165, 1.54) is 0 Å². The number of nitrogens with two attached hydrogens (primary N) is 1. The summed E-state index contributed by atoms with van der Waals surface area (Å²) in [5.41, 5.74) is 7.47. The van der Waals surface area contributed by atoms with E-state index in [0.29, 0.717) is 0 Å². The first-order chi connectivity index (χ1) is 6.22. The van der Waals surface area contributed by atoms with Gasteiger partial charge in [0.2, 0.25) is 0 Å². The molecule has 0 spiro atoms. The Hall–Kier alpha value is -1.02. The quantitative estimate of drug-likeness (QED) is 0.694. The van der Waals surface area contributed by atoms with E-state index >= 15 is 0 Å². The topological polar surface area (TPSA) is 46.2 Å². The maximum Gasteiger partial charge on any atom is 0.0580 e. The first-order valence-electron chi connectivity index (χ1n) is 4.75. The highest BCUT2D eigenvalue weighted by atomic mass is 16.3. The van der Waals surface area contributed by atoms with Gasteiger partial charge in [-0.3, -0.25) is 0 Å². The Morgan fingerprint density at radius 1 is 1.31 bits per heavy atom. The van der Waals surface area contributed by atoms with Crippen LogP contribution in [0.4, 0.5) is 5.69 Å². The molecule has 72 valence electrons. The third-order valence-corrected chi connectivity index (χ3v) is 2.07. The van der Waals surface area contributed by atoms with Crippen molar-refractivity contribution in [2.45, 2.75) is 32.3 Å². The average molecular weight is 179 g/mol. The van der Waals surface area contributed by atoms with Gasteiger partial charge in [-0.25, -0.2) is 0 Å². The van der Waals surface area contributed by atoms with Gasteiger partial charge >= 0.3 is 0 Å². The molecule has 1 aromatic rings. The lowest BCUT2D eigenvalue weighted by Gasteiger charge is -2.08. The van der Waals surface area contributed by atoms with E-state index in [-0.39, 0.29) is 6.10 Å². The number of aliphatic hydroxyl groups is 1. The van der Waals surface area contributed by atoms with Crippen LogP contribution in [0, 0.1) is 0 Å². The molecule has 0 heterocycles. The second-order valence-electron chi connectivity index (χ2n) is 3.39. The summed E-state index contributed by atoms with van der Waals surface area (Å²) in [6.45, 7) is 2.08. The predicted octanol–water partition coefficient (Wildman–Crippen LogP) is 1.97. The van der Waals surface area contributed by atoms with Crippen LogP contribution in [-0.2, 0) is 6.42 Å². The van der Waals surface area contributed by atoms with Gasteiger partial charge in [0, 0.05) is 5.69 Å². The van der Waals surface area contributed by atoms with Crippen LogP contribution < -0.4 is 5.73 Å². The van der Waals surface area contributed by atoms with Crippen molar-refractivity contribution < 1.29 is 5.11 Å². The number of aliphatic hydroxyl groups excluding tert-OH is 1. The van der Waals surface area contributed by atoms with Crippen molar-refractivity contribution in [2.75, 3.05) is 5.73 Å². The fourth-order valence-electron chi connectivity index (χ4n) is 1.36. The minimum atomic E-state index is -0.214. The molecular formula is C11H17NO. The molecule has 1 unspecified atom stereocenters. The number of nitrogen functional groups attached to an aromatic ring is 1. The third-order valence-electron chi connectivity index (χ3n) is 2.07. The molecule has 0 aliphatic carbocycles. The molecule has 3 N–H and O–H groups in total. The van der Waals surface area contributed by atoms with Crippen LogP contribution in [-0.4, -0.2) is 11.2 Å². The lowest BCUT2D eigenvalue weighted by Crippen LogP contribution is -2.09. The van der Waals surface area contributed by atoms with Gasteiger partial charge in [-0.2, -0.15) is 0 Å². The van der Waals surface area contributed by atoms with Gasteiger partial charge in [0.25, 0.3) is 0 Å². The Labute approximate surface area is 79.4 Å². The summed E-state index contributed by atoms with van der Waals surface area (Å²) in [7, 11) is 0. The molecule has 2 nitrogen and oxygen atoms in total. The zero-order valence-corrected chi connectivity index (χ0v) is 8.03. The Balaban J connectivity index is 2.49. The van der Waals surface area contributed by atoms with Crippen LogP contribution in [0.2, 0.25) is 0 Å². The minimum Gasteiger partial charge on any atom is -0.399 e. The number of rotatable bonds is 4. The summed E-state index contributed by atoms with van der Waals surface area (Å²) in [4.78, 5) is 0. The first kappa shape index (κ1) is 10.1. The Morgan fingerprint density at radius 2 is 1.92 bits per heavy atom. The van der Waals surface area contributed by atoms with Crippen LogP contribution in [0.15, 0.2) is 24.3 Å². The number of hydrogen-bond donors (Lipinski definition) is 2. The van der Waals surface area contributed by atoms with Crippen molar-refractivity contribution in [2.24, 2.45) is 0 Å². The predicted molar refractivity (Wildman–Crippen MR) is 55.5 cm³/mol. The summed E-state index contributed by atoms with van der Waals surface area (Å²) in [6, 6.07) is 7.67. The normalized spacial score (nSPS) is 12.8. The minimum absolute atomic E-state index is 0.214. The molecule has 0 aliphatic rings. The highest BCUT2D eigenvalue weighted by Crippen LogP contribution is 2.10. The molecule has 0 saturated heterocycles. The molecule has 0 bridgehead atoms. The average Bonchev–Trinajstić information content (AvgIpc) is 2.09. The third kappa shape index (κ3) is 3.47. The van der Waals surface area contributed by atoms with Gasteiger partial charge in [-0.15, -0.1) is 0 Å². The molecule has 13 heavy (non-hydrogen) atoms. The molecule has 0 fully saturated rings. The first-order valence-corrected chi connectivity index (χ1v) is 4.75. The van der Waals surface area contributed by atoms with Gasteiger partial charge in [0.15, 0.2) is 0 Å². The monoisotopic (exact) mass is 179 g/mol. The molecule has 0 aromatic heterocycles. The molecule has 1 rings (SSSR count). The fourth-order valence-corrected chi connectivity index (χ4v) is 1.36. The van der Waals surface area contributed by atoms with E-state index < -0.39 is 0 Å². The van der Waals surface area contributed by atoms with Crippen molar-refractivity contribution in [1.29, 1.82) is 0 Å². The van der Waals surface area contributed by atoms with E-state index in [1.54, 1.807) is 0 Å². The van der Waals surface area contributed by atoms with E-state index in [1.807, 2.05) is 24.3 Å². The lowest BCUT2D eigenvalue weighted by atomic mass is 10.0. The summed E-state index contributed by atoms with van der Waals surface area (Å²) in [6.07, 6.45) is 2.41. The van der Waals surface area contributed by atoms with Crippen LogP contribution in [0.1, 0.15) is 25.3 Å². The zero-order valence-electron chi connectivity index (χ0n) is 8.03. The van der Waals surface area contributed by atoms with Crippen molar-refractivity contribution in [3.8, 4) is 0 Å². The largest absolute Gasteiger partial charge is 0.399 e. The maximum absolute atomic E-state index is 9.54. The second-order valence-corrected chi connectivity index (χ2v) is 3.39. The van der Waals surface area contributed by atoms with Crippen molar-refractivity contribution in [3.05, 3.63) is 29.8 Å². The van der Waals surface area contributed by atoms with Crippen LogP contribution >= 0.6 is 0 Å². The van der Waals surface area contributed by atoms with E-state index in [4.69, 9.17) is 5.73 Å². The molecule has 0 saturated carbocycles. The number of anilines is 1. The van der Waals surface area contributed by atoms with Gasteiger partial charge in [0.05, 0.1) is 6.10 Å². The van der Waals surface area contributed by atoms with Crippen LogP contribution in [0.3, 0.4) is 0 Å². The van der Waals surface area contributed by atoms with Gasteiger partial charge in [0.1, 0.15) is 0 Å². The SMILES string of the molecule is CCCC(O)Cc1ccc(N)cc1. The molecular weight excluding hydrogens is 162 g/mol. The molecule has 1 aromatic carbocycles. The smallest absolute Gasteiger partial charge is 0.0580 e. The summed E-state index contributed by atoms with van der Waals surface area (Å²) in [5.74, 6) is 0. The molecule has 0 aliphatic heterocycles. The summed E-state index contributed by atoms with van der Waals surface area (Å²) < 4.78 is 0. The van der Waals surface area contributed by atoms with Crippen molar-refractivity contribution in [1.82, 2.24) is 0 Å². The second kappa shape index (κ2) is 4.87. The lowest BCUT2D eigenvalue weighted by molar-refractivity contribution is 0.164. The Kier molecular flexibility index (Phi) is 3.77. The van der Waals surface area contributed by atoms with Gasteiger partial charge in [-0.05, 0) is 30.5 Å². The van der Waals surface area contributed by atoms with Gasteiger partial charge < -0.3 is 10.8 Å². The van der Waals surface area contributed by atoms with Crippen molar-refractivity contribution >= 4 is 5.69 Å². The maximum atomic E-state index is 9.54. The van der Waals surface area contributed by atoms with Gasteiger partial charge in [-0.1, -0.05) is 25.5 Å². The molecule has 0 radical (unpaired) electrons. The number of benzene rings is 1. The fraction of sp³-hybridized carbons (Fsp3) is 0.455. The van der Waals surface area contributed by atoms with Crippen LogP contribution in [0.25, 0.3) is 0 Å². The van der Waals surface area contributed by atoms with Crippen molar-refractivity contribution in [3.63, 3.8) is 0 Å². The highest BCUT2D eigenvalue weighted by molar-refractivity contribution is 5.39. The molecule has 1 atom stereocenters. The molecule has 0 amide bonds. The number of hydrogen-bond acceptors (Lipinski definition) is 2. The van der Waals surface area contributed by atoms with E-state index in [0.717, 1.165) is 30.5 Å².